The lowest BCUT2D eigenvalue weighted by Crippen LogP contribution is -2.11. The van der Waals surface area contributed by atoms with E-state index in [1.54, 1.807) is 0 Å². The number of nitrogens with one attached hydrogen (secondary N) is 2. The molecule has 0 aliphatic carbocycles. The third-order valence-corrected chi connectivity index (χ3v) is 1.91. The lowest BCUT2D eigenvalue weighted by atomic mass is 10.1. The number of anilines is 1. The summed E-state index contributed by atoms with van der Waals surface area (Å²) in [5, 5.41) is 10.6. The van der Waals surface area contributed by atoms with Crippen LogP contribution in [0.5, 0.6) is 0 Å². The van der Waals surface area contributed by atoms with Gasteiger partial charge in [0.05, 0.1) is 0 Å². The van der Waals surface area contributed by atoms with Gasteiger partial charge in [-0.2, -0.15) is 0 Å². The first kappa shape index (κ1) is 9.78. The summed E-state index contributed by atoms with van der Waals surface area (Å²) in [6.07, 6.45) is 1.40. The number of hydrogen-bond donors (Lipinski definition) is 2. The largest absolute Gasteiger partial charge is 0.382 e. The summed E-state index contributed by atoms with van der Waals surface area (Å²) in [5.41, 5.74) is 3.17. The van der Waals surface area contributed by atoms with E-state index in [0.717, 1.165) is 16.8 Å². The Morgan fingerprint density at radius 1 is 1.38 bits per heavy atom. The van der Waals surface area contributed by atoms with Gasteiger partial charge in [0.15, 0.2) is 0 Å². The zero-order valence-electron chi connectivity index (χ0n) is 8.39. The topological polar surface area (TPSA) is 35.9 Å². The Morgan fingerprint density at radius 2 is 2.08 bits per heavy atom. The van der Waals surface area contributed by atoms with E-state index in [1.165, 1.54) is 6.21 Å². The SMILES string of the molecule is Cc1cccc(NC(C)C)c1C=N. The molecule has 2 heteroatoms. The molecule has 2 N–H and O–H groups in total. The number of rotatable bonds is 3. The molecule has 2 nitrogen and oxygen atoms in total. The Balaban J connectivity index is 3.05. The molecule has 1 aromatic carbocycles. The second-order valence-corrected chi connectivity index (χ2v) is 3.48. The maximum absolute atomic E-state index is 7.30. The van der Waals surface area contributed by atoms with E-state index in [4.69, 9.17) is 5.41 Å². The summed E-state index contributed by atoms with van der Waals surface area (Å²) < 4.78 is 0. The molecule has 0 aliphatic heterocycles. The van der Waals surface area contributed by atoms with Crippen molar-refractivity contribution in [2.45, 2.75) is 26.8 Å². The van der Waals surface area contributed by atoms with Crippen molar-refractivity contribution in [1.29, 1.82) is 5.41 Å². The molecule has 0 radical (unpaired) electrons. The minimum atomic E-state index is 0.403. The van der Waals surface area contributed by atoms with Crippen molar-refractivity contribution in [3.63, 3.8) is 0 Å². The Morgan fingerprint density at radius 3 is 2.62 bits per heavy atom. The van der Waals surface area contributed by atoms with E-state index >= 15 is 0 Å². The van der Waals surface area contributed by atoms with E-state index < -0.39 is 0 Å². The third kappa shape index (κ3) is 2.31. The molecule has 0 bridgehead atoms. The Kier molecular flexibility index (Phi) is 3.07. The smallest absolute Gasteiger partial charge is 0.0433 e. The van der Waals surface area contributed by atoms with Crippen molar-refractivity contribution in [3.05, 3.63) is 29.3 Å². The molecule has 0 unspecified atom stereocenters. The summed E-state index contributed by atoms with van der Waals surface area (Å²) in [6, 6.07) is 6.44. The van der Waals surface area contributed by atoms with Gasteiger partial charge < -0.3 is 10.7 Å². The zero-order chi connectivity index (χ0) is 9.84. The van der Waals surface area contributed by atoms with Crippen LogP contribution in [-0.2, 0) is 0 Å². The summed E-state index contributed by atoms with van der Waals surface area (Å²) in [5.74, 6) is 0. The predicted molar refractivity (Wildman–Crippen MR) is 57.8 cm³/mol. The molecule has 1 aromatic rings. The van der Waals surface area contributed by atoms with E-state index in [0.29, 0.717) is 6.04 Å². The van der Waals surface area contributed by atoms with E-state index in [1.807, 2.05) is 25.1 Å². The second-order valence-electron chi connectivity index (χ2n) is 3.48. The first-order valence-electron chi connectivity index (χ1n) is 4.51. The molecule has 0 aliphatic rings. The Bertz CT molecular complexity index is 303. The number of aryl methyl sites for hydroxylation is 1. The van der Waals surface area contributed by atoms with Crippen molar-refractivity contribution in [1.82, 2.24) is 0 Å². The third-order valence-electron chi connectivity index (χ3n) is 1.91. The van der Waals surface area contributed by atoms with Gasteiger partial charge >= 0.3 is 0 Å². The maximum Gasteiger partial charge on any atom is 0.0433 e. The lowest BCUT2D eigenvalue weighted by molar-refractivity contribution is 0.899. The van der Waals surface area contributed by atoms with Crippen LogP contribution in [0.2, 0.25) is 0 Å². The molecule has 0 atom stereocenters. The highest BCUT2D eigenvalue weighted by Gasteiger charge is 2.02. The van der Waals surface area contributed by atoms with Crippen LogP contribution in [0.1, 0.15) is 25.0 Å². The van der Waals surface area contributed by atoms with Gasteiger partial charge in [-0.15, -0.1) is 0 Å². The average molecular weight is 176 g/mol. The fourth-order valence-corrected chi connectivity index (χ4v) is 1.31. The van der Waals surface area contributed by atoms with Crippen LogP contribution in [0, 0.1) is 12.3 Å². The minimum Gasteiger partial charge on any atom is -0.382 e. The molecule has 0 fully saturated rings. The summed E-state index contributed by atoms with van der Waals surface area (Å²) in [4.78, 5) is 0. The van der Waals surface area contributed by atoms with Crippen molar-refractivity contribution >= 4 is 11.9 Å². The highest BCUT2D eigenvalue weighted by molar-refractivity contribution is 5.87. The van der Waals surface area contributed by atoms with Crippen LogP contribution < -0.4 is 5.32 Å². The van der Waals surface area contributed by atoms with Gasteiger partial charge in [-0.25, -0.2) is 0 Å². The zero-order valence-corrected chi connectivity index (χ0v) is 8.39. The van der Waals surface area contributed by atoms with Crippen LogP contribution >= 0.6 is 0 Å². The molecule has 0 saturated carbocycles. The monoisotopic (exact) mass is 176 g/mol. The second kappa shape index (κ2) is 4.08. The van der Waals surface area contributed by atoms with Crippen LogP contribution in [0.15, 0.2) is 18.2 Å². The standard InChI is InChI=1S/C11H16N2/c1-8(2)13-11-6-4-5-9(3)10(11)7-12/h4-8,12-13H,1-3H3. The molecular weight excluding hydrogens is 160 g/mol. The van der Waals surface area contributed by atoms with Crippen molar-refractivity contribution in [3.8, 4) is 0 Å². The first-order chi connectivity index (χ1) is 6.15. The van der Waals surface area contributed by atoms with Crippen LogP contribution in [0.3, 0.4) is 0 Å². The molecule has 70 valence electrons. The first-order valence-corrected chi connectivity index (χ1v) is 4.51. The molecule has 1 rings (SSSR count). The Labute approximate surface area is 79.5 Å². The van der Waals surface area contributed by atoms with Crippen molar-refractivity contribution in [2.24, 2.45) is 0 Å². The summed E-state index contributed by atoms with van der Waals surface area (Å²) >= 11 is 0. The van der Waals surface area contributed by atoms with Gasteiger partial charge in [-0.05, 0) is 32.4 Å². The number of benzene rings is 1. The van der Waals surface area contributed by atoms with E-state index in [-0.39, 0.29) is 0 Å². The van der Waals surface area contributed by atoms with Gasteiger partial charge in [-0.1, -0.05) is 12.1 Å². The van der Waals surface area contributed by atoms with Crippen molar-refractivity contribution in [2.75, 3.05) is 5.32 Å². The average Bonchev–Trinajstić information content (AvgIpc) is 2.03. The highest BCUT2D eigenvalue weighted by atomic mass is 14.9. The highest BCUT2D eigenvalue weighted by Crippen LogP contribution is 2.17. The van der Waals surface area contributed by atoms with Gasteiger partial charge in [0.2, 0.25) is 0 Å². The fourth-order valence-electron chi connectivity index (χ4n) is 1.31. The van der Waals surface area contributed by atoms with Gasteiger partial charge in [0.1, 0.15) is 0 Å². The number of hydrogen-bond acceptors (Lipinski definition) is 2. The van der Waals surface area contributed by atoms with Crippen LogP contribution in [-0.4, -0.2) is 12.3 Å². The van der Waals surface area contributed by atoms with Crippen molar-refractivity contribution < 1.29 is 0 Å². The fraction of sp³-hybridized carbons (Fsp3) is 0.364. The van der Waals surface area contributed by atoms with Gasteiger partial charge in [0.25, 0.3) is 0 Å². The predicted octanol–water partition coefficient (Wildman–Crippen LogP) is 2.81. The maximum atomic E-state index is 7.30. The van der Waals surface area contributed by atoms with E-state index in [9.17, 15) is 0 Å². The van der Waals surface area contributed by atoms with Crippen LogP contribution in [0.4, 0.5) is 5.69 Å². The molecule has 0 aromatic heterocycles. The Hall–Kier alpha value is -1.31. The molecule has 0 heterocycles. The van der Waals surface area contributed by atoms with E-state index in [2.05, 4.69) is 19.2 Å². The normalized spacial score (nSPS) is 10.2. The minimum absolute atomic E-state index is 0.403. The lowest BCUT2D eigenvalue weighted by Gasteiger charge is -2.13. The van der Waals surface area contributed by atoms with Crippen LogP contribution in [0.25, 0.3) is 0 Å². The van der Waals surface area contributed by atoms with Gasteiger partial charge in [-0.3, -0.25) is 0 Å². The molecule has 13 heavy (non-hydrogen) atoms. The van der Waals surface area contributed by atoms with Gasteiger partial charge in [0, 0.05) is 23.5 Å². The molecular formula is C11H16N2. The molecule has 0 amide bonds. The summed E-state index contributed by atoms with van der Waals surface area (Å²) in [7, 11) is 0. The molecule has 0 saturated heterocycles. The molecule has 0 spiro atoms. The summed E-state index contributed by atoms with van der Waals surface area (Å²) in [6.45, 7) is 6.21. The quantitative estimate of drug-likeness (QED) is 0.682.